The van der Waals surface area contributed by atoms with Crippen LogP contribution in [0.5, 0.6) is 6.01 Å². The second-order valence-electron chi connectivity index (χ2n) is 8.46. The number of nitrogens with zero attached hydrogens (tertiary/aromatic N) is 3. The third-order valence-electron chi connectivity index (χ3n) is 5.53. The first-order valence-electron chi connectivity index (χ1n) is 11.8. The highest BCUT2D eigenvalue weighted by Crippen LogP contribution is 2.21. The van der Waals surface area contributed by atoms with Crippen molar-refractivity contribution >= 4 is 23.5 Å². The van der Waals surface area contributed by atoms with Gasteiger partial charge in [-0.25, -0.2) is 0 Å². The Kier molecular flexibility index (Phi) is 8.19. The second kappa shape index (κ2) is 11.7. The normalized spacial score (nSPS) is 15.1. The molecule has 0 saturated heterocycles. The van der Waals surface area contributed by atoms with Gasteiger partial charge in [-0.1, -0.05) is 37.1 Å². The lowest BCUT2D eigenvalue weighted by molar-refractivity contribution is -0.154. The van der Waals surface area contributed by atoms with Crippen LogP contribution in [0.2, 0.25) is 0 Å². The van der Waals surface area contributed by atoms with E-state index in [2.05, 4.69) is 43.0 Å². The average molecular weight is 501 g/mol. The summed E-state index contributed by atoms with van der Waals surface area (Å²) in [4.78, 5) is 24.6. The molecule has 4 aliphatic rings. The lowest BCUT2D eigenvalue weighted by atomic mass is 10.0. The highest BCUT2D eigenvalue weighted by molar-refractivity contribution is 5.94. The van der Waals surface area contributed by atoms with Crippen molar-refractivity contribution < 1.29 is 22.7 Å². The van der Waals surface area contributed by atoms with Gasteiger partial charge >= 0.3 is 12.2 Å². The molecule has 8 nitrogen and oxygen atoms in total. The zero-order valence-electron chi connectivity index (χ0n) is 19.6. The van der Waals surface area contributed by atoms with Gasteiger partial charge in [0.25, 0.3) is 5.91 Å². The highest BCUT2D eigenvalue weighted by atomic mass is 19.4. The van der Waals surface area contributed by atoms with Crippen LogP contribution in [0.3, 0.4) is 0 Å². The van der Waals surface area contributed by atoms with E-state index in [1.165, 1.54) is 5.56 Å². The van der Waals surface area contributed by atoms with Crippen molar-refractivity contribution in [2.45, 2.75) is 44.8 Å². The molecule has 0 spiro atoms. The zero-order chi connectivity index (χ0) is 25.4. The number of anilines is 3. The minimum Gasteiger partial charge on any atom is -0.454 e. The molecule has 3 N–H and O–H groups in total. The first-order chi connectivity index (χ1) is 17.3. The maximum atomic E-state index is 12.7. The Hall–Kier alpha value is -3.89. The first-order valence-corrected chi connectivity index (χ1v) is 11.8. The molecule has 1 amide bonds. The maximum Gasteiger partial charge on any atom is 0.422 e. The molecule has 2 aromatic carbocycles. The summed E-state index contributed by atoms with van der Waals surface area (Å²) in [7, 11) is 0. The highest BCUT2D eigenvalue weighted by Gasteiger charge is 2.29. The number of carbonyl (C=O) groups excluding carboxylic acids is 1. The Balaban J connectivity index is 1.57. The first kappa shape index (κ1) is 25.2. The molecule has 1 aromatic heterocycles. The fourth-order valence-corrected chi connectivity index (χ4v) is 3.65. The molecule has 190 valence electrons. The predicted molar refractivity (Wildman–Crippen MR) is 129 cm³/mol. The Morgan fingerprint density at radius 3 is 2.25 bits per heavy atom. The van der Waals surface area contributed by atoms with E-state index in [9.17, 15) is 18.0 Å². The zero-order valence-corrected chi connectivity index (χ0v) is 19.6. The van der Waals surface area contributed by atoms with E-state index in [0.717, 1.165) is 37.7 Å². The number of nitrogens with one attached hydrogen (secondary N) is 3. The summed E-state index contributed by atoms with van der Waals surface area (Å²) in [6.07, 6.45) is 0.538. The van der Waals surface area contributed by atoms with Crippen LogP contribution in [-0.4, -0.2) is 40.2 Å². The number of aryl methyl sites for hydroxylation is 1. The largest absolute Gasteiger partial charge is 0.454 e. The van der Waals surface area contributed by atoms with Crippen LogP contribution in [0.25, 0.3) is 0 Å². The number of rotatable bonds is 2. The maximum absolute atomic E-state index is 12.7. The summed E-state index contributed by atoms with van der Waals surface area (Å²) in [6.45, 7) is -0.553. The third-order valence-corrected chi connectivity index (χ3v) is 5.53. The van der Waals surface area contributed by atoms with Gasteiger partial charge in [0.1, 0.15) is 0 Å². The number of carbonyl (C=O) groups is 1. The Morgan fingerprint density at radius 2 is 1.50 bits per heavy atom. The molecule has 5 heterocycles. The molecule has 0 saturated carbocycles. The number of aromatic nitrogens is 3. The smallest absolute Gasteiger partial charge is 0.422 e. The van der Waals surface area contributed by atoms with E-state index in [0.29, 0.717) is 24.3 Å². The van der Waals surface area contributed by atoms with Crippen LogP contribution in [0.4, 0.5) is 30.8 Å². The van der Waals surface area contributed by atoms with Gasteiger partial charge in [0.2, 0.25) is 11.9 Å². The molecule has 0 radical (unpaired) electrons. The van der Waals surface area contributed by atoms with E-state index in [-0.39, 0.29) is 17.8 Å². The molecule has 0 fully saturated rings. The van der Waals surface area contributed by atoms with E-state index < -0.39 is 18.8 Å². The molecule has 36 heavy (non-hydrogen) atoms. The lowest BCUT2D eigenvalue weighted by Crippen LogP contribution is -2.24. The summed E-state index contributed by atoms with van der Waals surface area (Å²) < 4.78 is 42.8. The number of hydrogen-bond donors (Lipinski definition) is 3. The number of benzene rings is 2. The fourth-order valence-electron chi connectivity index (χ4n) is 3.65. The SMILES string of the molecule is O=C1NCCCCCCc2ccc(cc2)CNc2nc(nc(OCC(F)(F)F)n2)Nc2ccc1cc2. The number of hydrogen-bond acceptors (Lipinski definition) is 7. The van der Waals surface area contributed by atoms with Crippen LogP contribution in [0.15, 0.2) is 48.5 Å². The van der Waals surface area contributed by atoms with E-state index in [1.807, 2.05) is 12.1 Å². The van der Waals surface area contributed by atoms with Gasteiger partial charge in [-0.3, -0.25) is 4.79 Å². The molecule has 0 aliphatic carbocycles. The van der Waals surface area contributed by atoms with Crippen molar-refractivity contribution in [2.24, 2.45) is 0 Å². The summed E-state index contributed by atoms with van der Waals surface area (Å²) in [6, 6.07) is 14.3. The molecule has 4 aliphatic heterocycles. The predicted octanol–water partition coefficient (Wildman–Crippen LogP) is 5.01. The molecular weight excluding hydrogens is 473 g/mol. The molecule has 3 aromatic rings. The number of alkyl halides is 3. The second-order valence-corrected chi connectivity index (χ2v) is 8.46. The topological polar surface area (TPSA) is 101 Å². The summed E-state index contributed by atoms with van der Waals surface area (Å²) >= 11 is 0. The summed E-state index contributed by atoms with van der Waals surface area (Å²) in [5, 5.41) is 8.87. The Morgan fingerprint density at radius 1 is 0.806 bits per heavy atom. The minimum atomic E-state index is -4.54. The van der Waals surface area contributed by atoms with Crippen molar-refractivity contribution in [3.05, 3.63) is 65.2 Å². The summed E-state index contributed by atoms with van der Waals surface area (Å²) in [5.41, 5.74) is 3.24. The van der Waals surface area contributed by atoms with Gasteiger partial charge in [-0.05, 0) is 54.7 Å². The average Bonchev–Trinajstić information content (AvgIpc) is 2.86. The van der Waals surface area contributed by atoms with E-state index in [4.69, 9.17) is 4.74 Å². The van der Waals surface area contributed by atoms with Crippen LogP contribution >= 0.6 is 0 Å². The van der Waals surface area contributed by atoms with Gasteiger partial charge in [0, 0.05) is 24.3 Å². The monoisotopic (exact) mass is 500 g/mol. The van der Waals surface area contributed by atoms with Crippen LogP contribution in [0.1, 0.15) is 47.2 Å². The standard InChI is InChI=1S/C25H27F3N6O2/c26-25(27,28)16-36-24-33-22-30-15-18-8-6-17(7-9-18)5-3-1-2-4-14-29-21(35)19-10-12-20(13-11-19)31-23(32-22)34-24/h6-13H,1-5,14-16H2,(H,29,35)(H2,30,31,32,33,34). The van der Waals surface area contributed by atoms with Gasteiger partial charge in [-0.2, -0.15) is 28.1 Å². The van der Waals surface area contributed by atoms with Gasteiger partial charge in [0.15, 0.2) is 6.61 Å². The molecule has 7 rings (SSSR count). The molecule has 0 atom stereocenters. The molecule has 11 heteroatoms. The minimum absolute atomic E-state index is 0.000587. The van der Waals surface area contributed by atoms with Crippen molar-refractivity contribution in [3.63, 3.8) is 0 Å². The third kappa shape index (κ3) is 7.82. The Labute approximate surface area is 206 Å². The quantitative estimate of drug-likeness (QED) is 0.455. The van der Waals surface area contributed by atoms with Crippen LogP contribution in [-0.2, 0) is 13.0 Å². The van der Waals surface area contributed by atoms with Crippen molar-refractivity contribution in [1.29, 1.82) is 0 Å². The summed E-state index contributed by atoms with van der Waals surface area (Å²) in [5.74, 6) is -0.107. The van der Waals surface area contributed by atoms with E-state index in [1.54, 1.807) is 24.3 Å². The number of halogens is 3. The number of amides is 1. The van der Waals surface area contributed by atoms with Crippen LogP contribution < -0.4 is 20.7 Å². The number of ether oxygens (including phenoxy) is 1. The molecule has 0 unspecified atom stereocenters. The van der Waals surface area contributed by atoms with E-state index >= 15 is 0 Å². The molecule has 6 bridgehead atoms. The lowest BCUT2D eigenvalue weighted by Gasteiger charge is -2.12. The van der Waals surface area contributed by atoms with Gasteiger partial charge in [0.05, 0.1) is 0 Å². The van der Waals surface area contributed by atoms with Gasteiger partial charge < -0.3 is 20.7 Å². The van der Waals surface area contributed by atoms with Crippen LogP contribution in [0, 0.1) is 0 Å². The van der Waals surface area contributed by atoms with Crippen molar-refractivity contribution in [1.82, 2.24) is 20.3 Å². The fraction of sp³-hybridized carbons (Fsp3) is 0.360. The Bertz CT molecular complexity index is 1150. The van der Waals surface area contributed by atoms with Crippen molar-refractivity contribution in [3.8, 4) is 6.01 Å². The molecular formula is C25H27F3N6O2. The van der Waals surface area contributed by atoms with Crippen molar-refractivity contribution in [2.75, 3.05) is 23.8 Å². The van der Waals surface area contributed by atoms with Gasteiger partial charge in [-0.15, -0.1) is 0 Å².